The lowest BCUT2D eigenvalue weighted by molar-refractivity contribution is -0.385. The number of rotatable bonds is 4. The second-order valence-corrected chi connectivity index (χ2v) is 6.27. The van der Waals surface area contributed by atoms with E-state index >= 15 is 0 Å². The second kappa shape index (κ2) is 6.32. The van der Waals surface area contributed by atoms with Gasteiger partial charge in [-0.2, -0.15) is 0 Å². The maximum atomic E-state index is 12.8. The van der Waals surface area contributed by atoms with Crippen molar-refractivity contribution >= 4 is 28.2 Å². The SMILES string of the molecule is CC(C)(C(=O)Nc1cnc2ccccc2c1)c1ccccc1[N+](=O)[O-]. The van der Waals surface area contributed by atoms with Crippen LogP contribution in [0.1, 0.15) is 19.4 Å². The van der Waals surface area contributed by atoms with Crippen LogP contribution >= 0.6 is 0 Å². The van der Waals surface area contributed by atoms with E-state index in [1.165, 1.54) is 6.07 Å². The summed E-state index contributed by atoms with van der Waals surface area (Å²) in [6, 6.07) is 15.7. The van der Waals surface area contributed by atoms with E-state index in [4.69, 9.17) is 0 Å². The van der Waals surface area contributed by atoms with Crippen LogP contribution in [0, 0.1) is 10.1 Å². The molecule has 0 unspecified atom stereocenters. The van der Waals surface area contributed by atoms with Crippen LogP contribution in [-0.4, -0.2) is 15.8 Å². The van der Waals surface area contributed by atoms with Crippen molar-refractivity contribution in [3.05, 3.63) is 76.5 Å². The highest BCUT2D eigenvalue weighted by Gasteiger charge is 2.35. The summed E-state index contributed by atoms with van der Waals surface area (Å²) >= 11 is 0. The van der Waals surface area contributed by atoms with E-state index < -0.39 is 10.3 Å². The minimum Gasteiger partial charge on any atom is -0.324 e. The number of carbonyl (C=O) groups is 1. The molecular weight excluding hydrogens is 318 g/mol. The monoisotopic (exact) mass is 335 g/mol. The Morgan fingerprint density at radius 2 is 1.80 bits per heavy atom. The molecular formula is C19H17N3O3. The van der Waals surface area contributed by atoms with Crippen molar-refractivity contribution in [2.45, 2.75) is 19.3 Å². The number of aromatic nitrogens is 1. The number of nitro benzene ring substituents is 1. The summed E-state index contributed by atoms with van der Waals surface area (Å²) in [5.74, 6) is -0.334. The molecule has 0 saturated heterocycles. The van der Waals surface area contributed by atoms with Crippen LogP contribution < -0.4 is 5.32 Å². The lowest BCUT2D eigenvalue weighted by Gasteiger charge is -2.23. The first-order valence-electron chi connectivity index (χ1n) is 7.80. The van der Waals surface area contributed by atoms with Gasteiger partial charge in [0.25, 0.3) is 5.69 Å². The first-order valence-corrected chi connectivity index (χ1v) is 7.80. The molecule has 25 heavy (non-hydrogen) atoms. The van der Waals surface area contributed by atoms with Gasteiger partial charge in [0.15, 0.2) is 0 Å². The molecule has 0 radical (unpaired) electrons. The van der Waals surface area contributed by atoms with Crippen molar-refractivity contribution in [3.8, 4) is 0 Å². The maximum absolute atomic E-state index is 12.8. The molecule has 126 valence electrons. The van der Waals surface area contributed by atoms with Gasteiger partial charge >= 0.3 is 0 Å². The zero-order valence-electron chi connectivity index (χ0n) is 13.9. The van der Waals surface area contributed by atoms with Crippen LogP contribution in [0.15, 0.2) is 60.8 Å². The third-order valence-corrected chi connectivity index (χ3v) is 4.19. The summed E-state index contributed by atoms with van der Waals surface area (Å²) in [6.07, 6.45) is 1.58. The number of pyridine rings is 1. The third kappa shape index (κ3) is 3.19. The van der Waals surface area contributed by atoms with E-state index in [2.05, 4.69) is 10.3 Å². The summed E-state index contributed by atoms with van der Waals surface area (Å²) in [7, 11) is 0. The number of hydrogen-bond donors (Lipinski definition) is 1. The van der Waals surface area contributed by atoms with Crippen LogP contribution in [0.2, 0.25) is 0 Å². The quantitative estimate of drug-likeness (QED) is 0.575. The standard InChI is InChI=1S/C19H17N3O3/c1-19(2,15-8-4-6-10-17(15)22(24)25)18(23)21-14-11-13-7-3-5-9-16(13)20-12-14/h3-12H,1-2H3,(H,21,23). The fraction of sp³-hybridized carbons (Fsp3) is 0.158. The largest absolute Gasteiger partial charge is 0.324 e. The summed E-state index contributed by atoms with van der Waals surface area (Å²) in [5, 5.41) is 15.0. The van der Waals surface area contributed by atoms with Crippen molar-refractivity contribution in [1.29, 1.82) is 0 Å². The Bertz CT molecular complexity index is 967. The van der Waals surface area contributed by atoms with Crippen molar-refractivity contribution < 1.29 is 9.72 Å². The summed E-state index contributed by atoms with van der Waals surface area (Å²) in [4.78, 5) is 27.9. The number of hydrogen-bond acceptors (Lipinski definition) is 4. The number of nitrogens with zero attached hydrogens (tertiary/aromatic N) is 2. The molecule has 0 aliphatic rings. The number of anilines is 1. The molecule has 3 aromatic rings. The minimum absolute atomic E-state index is 0.0701. The molecule has 6 nitrogen and oxygen atoms in total. The number of nitrogens with one attached hydrogen (secondary N) is 1. The molecule has 6 heteroatoms. The van der Waals surface area contributed by atoms with E-state index in [-0.39, 0.29) is 11.6 Å². The Morgan fingerprint density at radius 3 is 2.56 bits per heavy atom. The molecule has 1 aromatic heterocycles. The number of amides is 1. The van der Waals surface area contributed by atoms with Gasteiger partial charge < -0.3 is 5.32 Å². The van der Waals surface area contributed by atoms with E-state index in [1.54, 1.807) is 38.2 Å². The highest BCUT2D eigenvalue weighted by atomic mass is 16.6. The van der Waals surface area contributed by atoms with E-state index in [0.717, 1.165) is 10.9 Å². The van der Waals surface area contributed by atoms with Crippen molar-refractivity contribution in [1.82, 2.24) is 4.98 Å². The van der Waals surface area contributed by atoms with Crippen LogP contribution in [0.5, 0.6) is 0 Å². The van der Waals surface area contributed by atoms with Gasteiger partial charge in [0, 0.05) is 17.0 Å². The number of para-hydroxylation sites is 2. The lowest BCUT2D eigenvalue weighted by atomic mass is 9.82. The molecule has 2 aromatic carbocycles. The molecule has 0 atom stereocenters. The second-order valence-electron chi connectivity index (χ2n) is 6.27. The molecule has 1 heterocycles. The zero-order valence-corrected chi connectivity index (χ0v) is 13.9. The van der Waals surface area contributed by atoms with Crippen molar-refractivity contribution in [2.75, 3.05) is 5.32 Å². The highest BCUT2D eigenvalue weighted by molar-refractivity contribution is 6.00. The fourth-order valence-corrected chi connectivity index (χ4v) is 2.71. The summed E-state index contributed by atoms with van der Waals surface area (Å²) in [5.41, 5.74) is 0.606. The van der Waals surface area contributed by atoms with Crippen LogP contribution in [0.25, 0.3) is 10.9 Å². The lowest BCUT2D eigenvalue weighted by Crippen LogP contribution is -2.35. The molecule has 0 fully saturated rings. The smallest absolute Gasteiger partial charge is 0.273 e. The van der Waals surface area contributed by atoms with Crippen LogP contribution in [-0.2, 0) is 10.2 Å². The number of carbonyl (C=O) groups excluding carboxylic acids is 1. The van der Waals surface area contributed by atoms with Crippen LogP contribution in [0.3, 0.4) is 0 Å². The molecule has 0 aliphatic heterocycles. The van der Waals surface area contributed by atoms with Gasteiger partial charge in [0.2, 0.25) is 5.91 Å². The van der Waals surface area contributed by atoms with Gasteiger partial charge in [-0.3, -0.25) is 19.9 Å². The van der Waals surface area contributed by atoms with Gasteiger partial charge in [-0.1, -0.05) is 36.4 Å². The predicted octanol–water partition coefficient (Wildman–Crippen LogP) is 4.06. The normalized spacial score (nSPS) is 11.3. The number of nitro groups is 1. The summed E-state index contributed by atoms with van der Waals surface area (Å²) in [6.45, 7) is 3.33. The first kappa shape index (κ1) is 16.6. The summed E-state index contributed by atoms with van der Waals surface area (Å²) < 4.78 is 0. The molecule has 0 bridgehead atoms. The van der Waals surface area contributed by atoms with Gasteiger partial charge in [0.1, 0.15) is 0 Å². The number of fused-ring (bicyclic) bond motifs is 1. The van der Waals surface area contributed by atoms with E-state index in [9.17, 15) is 14.9 Å². The fourth-order valence-electron chi connectivity index (χ4n) is 2.71. The Balaban J connectivity index is 1.92. The first-order chi connectivity index (χ1) is 11.9. The maximum Gasteiger partial charge on any atom is 0.273 e. The molecule has 1 N–H and O–H groups in total. The van der Waals surface area contributed by atoms with Crippen molar-refractivity contribution in [3.63, 3.8) is 0 Å². The van der Waals surface area contributed by atoms with Gasteiger partial charge in [0.05, 0.1) is 27.7 Å². The molecule has 0 aliphatic carbocycles. The van der Waals surface area contributed by atoms with Crippen LogP contribution in [0.4, 0.5) is 11.4 Å². The van der Waals surface area contributed by atoms with E-state index in [1.807, 2.05) is 30.3 Å². The topological polar surface area (TPSA) is 85.1 Å². The van der Waals surface area contributed by atoms with Gasteiger partial charge in [-0.25, -0.2) is 0 Å². The predicted molar refractivity (Wildman–Crippen MR) is 96.5 cm³/mol. The molecule has 1 amide bonds. The zero-order chi connectivity index (χ0) is 18.0. The Morgan fingerprint density at radius 1 is 1.12 bits per heavy atom. The highest BCUT2D eigenvalue weighted by Crippen LogP contribution is 2.32. The third-order valence-electron chi connectivity index (χ3n) is 4.19. The van der Waals surface area contributed by atoms with Gasteiger partial charge in [-0.05, 0) is 26.0 Å². The number of benzene rings is 2. The molecule has 3 rings (SSSR count). The minimum atomic E-state index is -1.07. The molecule has 0 spiro atoms. The average molecular weight is 335 g/mol. The Hall–Kier alpha value is -3.28. The Kier molecular flexibility index (Phi) is 4.19. The Labute approximate surface area is 144 Å². The average Bonchev–Trinajstić information content (AvgIpc) is 2.61. The van der Waals surface area contributed by atoms with Crippen molar-refractivity contribution in [2.24, 2.45) is 0 Å². The molecule has 0 saturated carbocycles. The van der Waals surface area contributed by atoms with Gasteiger partial charge in [-0.15, -0.1) is 0 Å². The van der Waals surface area contributed by atoms with E-state index in [0.29, 0.717) is 11.3 Å².